The molecule has 0 unspecified atom stereocenters. The van der Waals surface area contributed by atoms with E-state index >= 15 is 0 Å². The Balaban J connectivity index is 1.72. The number of benzene rings is 2. The summed E-state index contributed by atoms with van der Waals surface area (Å²) in [6, 6.07) is 9.88. The number of ether oxygens (including phenoxy) is 3. The summed E-state index contributed by atoms with van der Waals surface area (Å²) in [7, 11) is -3.87. The van der Waals surface area contributed by atoms with Crippen LogP contribution in [0, 0.1) is 0 Å². The average Bonchev–Trinajstić information content (AvgIpc) is 2.67. The maximum Gasteiger partial charge on any atom is 0.338 e. The zero-order valence-electron chi connectivity index (χ0n) is 14.9. The van der Waals surface area contributed by atoms with Crippen LogP contribution in [0.1, 0.15) is 17.3 Å². The standard InChI is InChI=1S/C18H18N2O7S/c1-11(17(19)21)27-18(22)12-2-4-13(5-3-12)20-28(23,24)14-6-7-15-16(10-14)26-9-8-25-15/h2-7,10-11,20H,8-9H2,1H3,(H2,19,21)/t11-/m0/s1. The Kier molecular flexibility index (Phi) is 5.41. The molecule has 3 rings (SSSR count). The van der Waals surface area contributed by atoms with Crippen molar-refractivity contribution in [1.82, 2.24) is 0 Å². The van der Waals surface area contributed by atoms with E-state index in [9.17, 15) is 18.0 Å². The number of nitrogens with one attached hydrogen (secondary N) is 1. The quantitative estimate of drug-likeness (QED) is 0.690. The summed E-state index contributed by atoms with van der Waals surface area (Å²) in [5.41, 5.74) is 5.44. The highest BCUT2D eigenvalue weighted by Gasteiger charge is 2.20. The van der Waals surface area contributed by atoms with E-state index in [0.29, 0.717) is 24.7 Å². The van der Waals surface area contributed by atoms with E-state index < -0.39 is 28.0 Å². The highest BCUT2D eigenvalue weighted by molar-refractivity contribution is 7.92. The second-order valence-corrected chi connectivity index (χ2v) is 7.62. The first-order valence-electron chi connectivity index (χ1n) is 8.29. The van der Waals surface area contributed by atoms with Gasteiger partial charge in [0.15, 0.2) is 17.6 Å². The van der Waals surface area contributed by atoms with Crippen LogP contribution >= 0.6 is 0 Å². The molecule has 1 atom stereocenters. The average molecular weight is 406 g/mol. The lowest BCUT2D eigenvalue weighted by Gasteiger charge is -2.19. The number of nitrogens with two attached hydrogens (primary N) is 1. The fraction of sp³-hybridized carbons (Fsp3) is 0.222. The SMILES string of the molecule is C[C@H](OC(=O)c1ccc(NS(=O)(=O)c2ccc3c(c2)OCCO3)cc1)C(N)=O. The summed E-state index contributed by atoms with van der Waals surface area (Å²) in [6.07, 6.45) is -1.07. The first-order chi connectivity index (χ1) is 13.3. The Morgan fingerprint density at radius 3 is 2.36 bits per heavy atom. The first-order valence-corrected chi connectivity index (χ1v) is 9.77. The van der Waals surface area contributed by atoms with Gasteiger partial charge in [0.1, 0.15) is 13.2 Å². The number of amides is 1. The zero-order valence-corrected chi connectivity index (χ0v) is 15.7. The van der Waals surface area contributed by atoms with Gasteiger partial charge in [0.2, 0.25) is 0 Å². The molecule has 1 amide bonds. The molecule has 1 heterocycles. The van der Waals surface area contributed by atoms with Crippen LogP contribution < -0.4 is 19.9 Å². The van der Waals surface area contributed by atoms with Crippen LogP contribution in [0.4, 0.5) is 5.69 Å². The number of hydrogen-bond acceptors (Lipinski definition) is 7. The minimum atomic E-state index is -3.87. The van der Waals surface area contributed by atoms with Crippen molar-refractivity contribution in [3.63, 3.8) is 0 Å². The van der Waals surface area contributed by atoms with Crippen LogP contribution in [0.5, 0.6) is 11.5 Å². The van der Waals surface area contributed by atoms with Gasteiger partial charge in [-0.2, -0.15) is 0 Å². The van der Waals surface area contributed by atoms with Gasteiger partial charge in [0.05, 0.1) is 10.5 Å². The van der Waals surface area contributed by atoms with Crippen molar-refractivity contribution >= 4 is 27.6 Å². The van der Waals surface area contributed by atoms with Crippen molar-refractivity contribution < 1.29 is 32.2 Å². The molecule has 1 aliphatic rings. The molecule has 0 fully saturated rings. The summed E-state index contributed by atoms with van der Waals surface area (Å²) in [5, 5.41) is 0. The molecule has 0 bridgehead atoms. The number of sulfonamides is 1. The van der Waals surface area contributed by atoms with Crippen molar-refractivity contribution in [2.24, 2.45) is 5.73 Å². The summed E-state index contributed by atoms with van der Waals surface area (Å²) >= 11 is 0. The Hall–Kier alpha value is -3.27. The van der Waals surface area contributed by atoms with Gasteiger partial charge in [0, 0.05) is 11.8 Å². The molecule has 3 N–H and O–H groups in total. The number of carbonyl (C=O) groups is 2. The number of carbonyl (C=O) groups excluding carboxylic acids is 2. The van der Waals surface area contributed by atoms with Gasteiger partial charge in [-0.05, 0) is 43.3 Å². The third-order valence-corrected chi connectivity index (χ3v) is 5.26. The highest BCUT2D eigenvalue weighted by Crippen LogP contribution is 2.32. The maximum atomic E-state index is 12.6. The van der Waals surface area contributed by atoms with Gasteiger partial charge in [0.25, 0.3) is 15.9 Å². The number of hydrogen-bond donors (Lipinski definition) is 2. The Bertz CT molecular complexity index is 1000. The van der Waals surface area contributed by atoms with Crippen LogP contribution in [-0.4, -0.2) is 39.6 Å². The first kappa shape index (κ1) is 19.5. The monoisotopic (exact) mass is 406 g/mol. The lowest BCUT2D eigenvalue weighted by molar-refractivity contribution is -0.125. The van der Waals surface area contributed by atoms with Crippen LogP contribution in [0.25, 0.3) is 0 Å². The molecular formula is C18H18N2O7S. The van der Waals surface area contributed by atoms with Crippen LogP contribution in [0.2, 0.25) is 0 Å². The van der Waals surface area contributed by atoms with Crippen molar-refractivity contribution in [3.05, 3.63) is 48.0 Å². The van der Waals surface area contributed by atoms with Gasteiger partial charge in [-0.25, -0.2) is 13.2 Å². The largest absolute Gasteiger partial charge is 0.486 e. The van der Waals surface area contributed by atoms with Crippen molar-refractivity contribution in [2.75, 3.05) is 17.9 Å². The molecule has 2 aromatic carbocycles. The van der Waals surface area contributed by atoms with Gasteiger partial charge in [-0.3, -0.25) is 9.52 Å². The summed E-state index contributed by atoms with van der Waals surface area (Å²) in [4.78, 5) is 22.9. The van der Waals surface area contributed by atoms with E-state index in [2.05, 4.69) is 4.72 Å². The van der Waals surface area contributed by atoms with Crippen LogP contribution in [0.15, 0.2) is 47.4 Å². The van der Waals surface area contributed by atoms with E-state index in [1.54, 1.807) is 0 Å². The molecule has 0 radical (unpaired) electrons. The molecule has 148 valence electrons. The van der Waals surface area contributed by atoms with Crippen molar-refractivity contribution in [2.45, 2.75) is 17.9 Å². The van der Waals surface area contributed by atoms with E-state index in [4.69, 9.17) is 19.9 Å². The molecule has 28 heavy (non-hydrogen) atoms. The molecule has 9 nitrogen and oxygen atoms in total. The molecule has 0 spiro atoms. The molecule has 0 aliphatic carbocycles. The highest BCUT2D eigenvalue weighted by atomic mass is 32.2. The second-order valence-electron chi connectivity index (χ2n) is 5.94. The summed E-state index contributed by atoms with van der Waals surface area (Å²) < 4.78 is 43.2. The summed E-state index contributed by atoms with van der Waals surface area (Å²) in [5.74, 6) is -0.668. The third kappa shape index (κ3) is 4.34. The molecule has 10 heteroatoms. The van der Waals surface area contributed by atoms with Gasteiger partial charge >= 0.3 is 5.97 Å². The summed E-state index contributed by atoms with van der Waals surface area (Å²) in [6.45, 7) is 2.11. The van der Waals surface area contributed by atoms with Crippen LogP contribution in [0.3, 0.4) is 0 Å². The minimum Gasteiger partial charge on any atom is -0.486 e. The molecule has 0 saturated carbocycles. The third-order valence-electron chi connectivity index (χ3n) is 3.88. The lowest BCUT2D eigenvalue weighted by Crippen LogP contribution is -2.30. The fourth-order valence-corrected chi connectivity index (χ4v) is 3.44. The topological polar surface area (TPSA) is 134 Å². The number of fused-ring (bicyclic) bond motifs is 1. The van der Waals surface area contributed by atoms with Crippen molar-refractivity contribution in [3.8, 4) is 11.5 Å². The van der Waals surface area contributed by atoms with Crippen molar-refractivity contribution in [1.29, 1.82) is 0 Å². The normalized spacial score (nSPS) is 14.0. The number of esters is 1. The zero-order chi connectivity index (χ0) is 20.3. The van der Waals surface area contributed by atoms with Crippen LogP contribution in [-0.2, 0) is 19.6 Å². The van der Waals surface area contributed by atoms with Gasteiger partial charge in [-0.1, -0.05) is 0 Å². The fourth-order valence-electron chi connectivity index (χ4n) is 2.37. The Morgan fingerprint density at radius 2 is 1.71 bits per heavy atom. The van der Waals surface area contributed by atoms with Gasteiger partial charge < -0.3 is 19.9 Å². The predicted octanol–water partition coefficient (Wildman–Crippen LogP) is 1.29. The molecule has 2 aromatic rings. The smallest absolute Gasteiger partial charge is 0.338 e. The predicted molar refractivity (Wildman–Crippen MR) is 98.8 cm³/mol. The Morgan fingerprint density at radius 1 is 1.07 bits per heavy atom. The van der Waals surface area contributed by atoms with E-state index in [1.165, 1.54) is 49.4 Å². The Labute approximate surface area is 161 Å². The molecular weight excluding hydrogens is 388 g/mol. The maximum absolute atomic E-state index is 12.6. The molecule has 0 saturated heterocycles. The molecule has 1 aliphatic heterocycles. The minimum absolute atomic E-state index is 0.00974. The van der Waals surface area contributed by atoms with E-state index in [0.717, 1.165) is 0 Å². The molecule has 0 aromatic heterocycles. The number of primary amides is 1. The van der Waals surface area contributed by atoms with Gasteiger partial charge in [-0.15, -0.1) is 0 Å². The lowest BCUT2D eigenvalue weighted by atomic mass is 10.2. The number of rotatable bonds is 6. The number of anilines is 1. The second kappa shape index (κ2) is 7.77. The van der Waals surface area contributed by atoms with E-state index in [1.807, 2.05) is 0 Å². The van der Waals surface area contributed by atoms with E-state index in [-0.39, 0.29) is 16.1 Å².